The summed E-state index contributed by atoms with van der Waals surface area (Å²) in [6, 6.07) is 0. The van der Waals surface area contributed by atoms with Gasteiger partial charge in [-0.2, -0.15) is 8.42 Å². The fourth-order valence-electron chi connectivity index (χ4n) is 1.20. The highest BCUT2D eigenvalue weighted by molar-refractivity contribution is 8.12. The van der Waals surface area contributed by atoms with Gasteiger partial charge in [-0.3, -0.25) is 0 Å². The predicted octanol–water partition coefficient (Wildman–Crippen LogP) is 0.486. The Balaban J connectivity index is 2.09. The van der Waals surface area contributed by atoms with Crippen LogP contribution < -0.4 is 4.72 Å². The molecule has 6 heteroatoms. The number of ether oxygens (including phenoxy) is 1. The molecule has 0 saturated carbocycles. The molecule has 1 atom stereocenters. The van der Waals surface area contributed by atoms with Crippen molar-refractivity contribution in [3.8, 4) is 0 Å². The summed E-state index contributed by atoms with van der Waals surface area (Å²) in [6.45, 7) is 1.93. The lowest BCUT2D eigenvalue weighted by Gasteiger charge is -2.05. The highest BCUT2D eigenvalue weighted by Crippen LogP contribution is 2.15. The summed E-state index contributed by atoms with van der Waals surface area (Å²) >= 11 is 0. The van der Waals surface area contributed by atoms with Gasteiger partial charge in [0.15, 0.2) is 0 Å². The third kappa shape index (κ3) is 4.25. The lowest BCUT2D eigenvalue weighted by atomic mass is 10.1. The summed E-state index contributed by atoms with van der Waals surface area (Å²) in [6.07, 6.45) is 1.82. The maximum absolute atomic E-state index is 10.4. The molecule has 1 fully saturated rings. The van der Waals surface area contributed by atoms with Crippen molar-refractivity contribution < 1.29 is 13.2 Å². The summed E-state index contributed by atoms with van der Waals surface area (Å²) in [5.74, 6) is 0.482. The first kappa shape index (κ1) is 10.2. The molecule has 0 bridgehead atoms. The topological polar surface area (TPSA) is 55.4 Å². The molecule has 0 amide bonds. The molecule has 1 heterocycles. The van der Waals surface area contributed by atoms with Crippen molar-refractivity contribution in [2.75, 3.05) is 19.8 Å². The van der Waals surface area contributed by atoms with Gasteiger partial charge in [0.05, 0.1) is 0 Å². The van der Waals surface area contributed by atoms with Gasteiger partial charge in [-0.1, -0.05) is 0 Å². The van der Waals surface area contributed by atoms with Crippen LogP contribution in [0.25, 0.3) is 0 Å². The smallest absolute Gasteiger partial charge is 0.297 e. The van der Waals surface area contributed by atoms with Gasteiger partial charge in [-0.25, -0.2) is 4.72 Å². The van der Waals surface area contributed by atoms with Crippen LogP contribution in [0.2, 0.25) is 0 Å². The minimum atomic E-state index is -3.53. The molecule has 12 heavy (non-hydrogen) atoms. The van der Waals surface area contributed by atoms with E-state index >= 15 is 0 Å². The predicted molar refractivity (Wildman–Crippen MR) is 46.3 cm³/mol. The molecule has 0 aliphatic carbocycles. The first-order valence-corrected chi connectivity index (χ1v) is 6.16. The van der Waals surface area contributed by atoms with Gasteiger partial charge in [0, 0.05) is 30.4 Å². The van der Waals surface area contributed by atoms with Gasteiger partial charge >= 0.3 is 0 Å². The van der Waals surface area contributed by atoms with E-state index in [1.54, 1.807) is 0 Å². The second-order valence-electron chi connectivity index (χ2n) is 2.85. The van der Waals surface area contributed by atoms with Crippen molar-refractivity contribution in [2.24, 2.45) is 5.92 Å². The third-order valence-electron chi connectivity index (χ3n) is 1.85. The van der Waals surface area contributed by atoms with Crippen LogP contribution in [-0.2, 0) is 14.0 Å². The largest absolute Gasteiger partial charge is 0.381 e. The molecule has 1 aliphatic rings. The molecule has 0 radical (unpaired) electrons. The third-order valence-corrected chi connectivity index (χ3v) is 2.73. The zero-order valence-electron chi connectivity index (χ0n) is 6.62. The SMILES string of the molecule is O=S(=O)(Cl)NCCC1CCOC1. The molecule has 1 rings (SSSR count). The van der Waals surface area contributed by atoms with Gasteiger partial charge < -0.3 is 4.74 Å². The van der Waals surface area contributed by atoms with Crippen LogP contribution in [0.3, 0.4) is 0 Å². The Morgan fingerprint density at radius 2 is 2.33 bits per heavy atom. The second-order valence-corrected chi connectivity index (χ2v) is 5.23. The number of hydrogen-bond acceptors (Lipinski definition) is 3. The zero-order valence-corrected chi connectivity index (χ0v) is 8.20. The van der Waals surface area contributed by atoms with E-state index in [4.69, 9.17) is 15.4 Å². The van der Waals surface area contributed by atoms with Crippen molar-refractivity contribution in [3.63, 3.8) is 0 Å². The lowest BCUT2D eigenvalue weighted by Crippen LogP contribution is -2.21. The standard InChI is InChI=1S/C6H12ClNO3S/c7-12(9,10)8-3-1-6-2-4-11-5-6/h6,8H,1-5H2. The monoisotopic (exact) mass is 213 g/mol. The van der Waals surface area contributed by atoms with Crippen molar-refractivity contribution in [3.05, 3.63) is 0 Å². The summed E-state index contributed by atoms with van der Waals surface area (Å²) < 4.78 is 28.2. The van der Waals surface area contributed by atoms with E-state index in [2.05, 4.69) is 4.72 Å². The van der Waals surface area contributed by atoms with Crippen LogP contribution in [-0.4, -0.2) is 28.2 Å². The molecule has 0 aromatic rings. The Bertz CT molecular complexity index is 223. The summed E-state index contributed by atoms with van der Waals surface area (Å²) in [5.41, 5.74) is 0. The number of rotatable bonds is 4. The highest BCUT2D eigenvalue weighted by Gasteiger charge is 2.15. The van der Waals surface area contributed by atoms with Crippen molar-refractivity contribution in [1.82, 2.24) is 4.72 Å². The van der Waals surface area contributed by atoms with Gasteiger partial charge in [0.25, 0.3) is 9.24 Å². The fraction of sp³-hybridized carbons (Fsp3) is 1.00. The second kappa shape index (κ2) is 4.41. The Hall–Kier alpha value is 0.160. The molecular weight excluding hydrogens is 202 g/mol. The van der Waals surface area contributed by atoms with E-state index in [0.29, 0.717) is 12.5 Å². The van der Waals surface area contributed by atoms with Crippen LogP contribution in [0.4, 0.5) is 0 Å². The zero-order chi connectivity index (χ0) is 9.03. The summed E-state index contributed by atoms with van der Waals surface area (Å²) in [7, 11) is 1.41. The molecule has 72 valence electrons. The van der Waals surface area contributed by atoms with Crippen molar-refractivity contribution in [2.45, 2.75) is 12.8 Å². The van der Waals surface area contributed by atoms with Gasteiger partial charge in [0.2, 0.25) is 0 Å². The lowest BCUT2D eigenvalue weighted by molar-refractivity contribution is 0.184. The van der Waals surface area contributed by atoms with Gasteiger partial charge in [-0.15, -0.1) is 0 Å². The van der Waals surface area contributed by atoms with E-state index in [-0.39, 0.29) is 0 Å². The van der Waals surface area contributed by atoms with Crippen molar-refractivity contribution in [1.29, 1.82) is 0 Å². The highest BCUT2D eigenvalue weighted by atomic mass is 35.7. The Morgan fingerprint density at radius 3 is 2.83 bits per heavy atom. The summed E-state index contributed by atoms with van der Waals surface area (Å²) in [5, 5.41) is 0. The quantitative estimate of drug-likeness (QED) is 0.692. The van der Waals surface area contributed by atoms with Gasteiger partial charge in [-0.05, 0) is 18.8 Å². The minimum Gasteiger partial charge on any atom is -0.381 e. The van der Waals surface area contributed by atoms with Gasteiger partial charge in [0.1, 0.15) is 0 Å². The fourth-order valence-corrected chi connectivity index (χ4v) is 1.79. The number of halogens is 1. The Kier molecular flexibility index (Phi) is 3.77. The molecule has 1 aliphatic heterocycles. The number of hydrogen-bond donors (Lipinski definition) is 1. The van der Waals surface area contributed by atoms with E-state index in [1.807, 2.05) is 0 Å². The van der Waals surface area contributed by atoms with E-state index in [0.717, 1.165) is 26.1 Å². The number of nitrogens with one attached hydrogen (secondary N) is 1. The first-order valence-electron chi connectivity index (χ1n) is 3.85. The molecule has 1 N–H and O–H groups in total. The molecule has 4 nitrogen and oxygen atoms in total. The van der Waals surface area contributed by atoms with E-state index in [1.165, 1.54) is 0 Å². The maximum Gasteiger partial charge on any atom is 0.297 e. The van der Waals surface area contributed by atoms with Crippen LogP contribution in [0.5, 0.6) is 0 Å². The molecule has 1 saturated heterocycles. The minimum absolute atomic E-state index is 0.403. The van der Waals surface area contributed by atoms with Crippen molar-refractivity contribution >= 4 is 19.9 Å². The Morgan fingerprint density at radius 1 is 1.58 bits per heavy atom. The average Bonchev–Trinajstić information content (AvgIpc) is 2.36. The maximum atomic E-state index is 10.4. The normalized spacial score (nSPS) is 24.6. The molecule has 1 unspecified atom stereocenters. The molecule has 0 aromatic carbocycles. The first-order chi connectivity index (χ1) is 5.58. The molecular formula is C6H12ClNO3S. The molecule has 0 aromatic heterocycles. The van der Waals surface area contributed by atoms with E-state index in [9.17, 15) is 8.42 Å². The van der Waals surface area contributed by atoms with Crippen LogP contribution in [0.1, 0.15) is 12.8 Å². The van der Waals surface area contributed by atoms with Crippen LogP contribution in [0, 0.1) is 5.92 Å². The Labute approximate surface area is 76.8 Å². The van der Waals surface area contributed by atoms with E-state index < -0.39 is 9.24 Å². The molecule has 0 spiro atoms. The average molecular weight is 214 g/mol. The summed E-state index contributed by atoms with van der Waals surface area (Å²) in [4.78, 5) is 0. The van der Waals surface area contributed by atoms with Crippen LogP contribution >= 0.6 is 10.7 Å². The van der Waals surface area contributed by atoms with Crippen LogP contribution in [0.15, 0.2) is 0 Å².